The van der Waals surface area contributed by atoms with Crippen LogP contribution in [-0.2, 0) is 34.5 Å². The Morgan fingerprint density at radius 3 is 2.57 bits per heavy atom. The van der Waals surface area contributed by atoms with Crippen molar-refractivity contribution in [1.29, 1.82) is 0 Å². The maximum atomic E-state index is 13.4. The molecule has 3 N–H and O–H groups in total. The number of benzene rings is 2. The molecule has 7 nitrogen and oxygen atoms in total. The molecule has 1 aromatic heterocycles. The zero-order valence-corrected chi connectivity index (χ0v) is 21.3. The second kappa shape index (κ2) is 7.79. The van der Waals surface area contributed by atoms with E-state index in [4.69, 9.17) is 0 Å². The number of nitrogens with one attached hydrogen (secondary N) is 1. The number of hydrogen-bond acceptors (Lipinski definition) is 6. The number of H-pyrrole nitrogens is 1. The fraction of sp³-hybridized carbons (Fsp3) is 0.414. The third-order valence-corrected chi connectivity index (χ3v) is 11.1. The minimum Gasteiger partial charge on any atom is -0.508 e. The summed E-state index contributed by atoms with van der Waals surface area (Å²) in [5, 5.41) is 23.1. The summed E-state index contributed by atoms with van der Waals surface area (Å²) in [7, 11) is -4.01. The van der Waals surface area contributed by atoms with Crippen molar-refractivity contribution >= 4 is 9.84 Å². The van der Waals surface area contributed by atoms with Crippen LogP contribution in [0.5, 0.6) is 5.75 Å². The number of aromatic nitrogens is 1. The van der Waals surface area contributed by atoms with Gasteiger partial charge in [-0.15, -0.1) is 0 Å². The number of aliphatic hydroxyl groups is 1. The first-order valence-corrected chi connectivity index (χ1v) is 14.5. The molecule has 3 atom stereocenters. The first kappa shape index (κ1) is 23.2. The number of pyridine rings is 1. The average molecular weight is 519 g/mol. The molecule has 7 rings (SSSR count). The van der Waals surface area contributed by atoms with Gasteiger partial charge in [0.2, 0.25) is 9.84 Å². The Kier molecular flexibility index (Phi) is 4.88. The summed E-state index contributed by atoms with van der Waals surface area (Å²) in [5.74, 6) is 0.838. The second-order valence-corrected chi connectivity index (χ2v) is 13.3. The Balaban J connectivity index is 1.39. The molecule has 2 heterocycles. The quantitative estimate of drug-likeness (QED) is 0.490. The van der Waals surface area contributed by atoms with Crippen LogP contribution in [0.2, 0.25) is 0 Å². The number of rotatable bonds is 4. The van der Waals surface area contributed by atoms with E-state index >= 15 is 0 Å². The number of hydrogen-bond donors (Lipinski definition) is 3. The second-order valence-electron chi connectivity index (χ2n) is 11.4. The van der Waals surface area contributed by atoms with Crippen LogP contribution in [-0.4, -0.2) is 53.2 Å². The summed E-state index contributed by atoms with van der Waals surface area (Å²) in [6.07, 6.45) is 4.47. The van der Waals surface area contributed by atoms with Crippen molar-refractivity contribution in [2.45, 2.75) is 65.4 Å². The molecule has 192 valence electrons. The maximum absolute atomic E-state index is 13.4. The molecule has 8 heteroatoms. The van der Waals surface area contributed by atoms with Crippen molar-refractivity contribution in [1.82, 2.24) is 9.88 Å². The summed E-state index contributed by atoms with van der Waals surface area (Å²) in [5.41, 5.74) is 0.965. The fourth-order valence-corrected chi connectivity index (χ4v) is 8.65. The number of piperidine rings is 1. The predicted octanol–water partition coefficient (Wildman–Crippen LogP) is 2.72. The van der Waals surface area contributed by atoms with Gasteiger partial charge in [0.25, 0.3) is 5.56 Å². The van der Waals surface area contributed by atoms with Crippen LogP contribution in [0.3, 0.4) is 0 Å². The van der Waals surface area contributed by atoms with Crippen molar-refractivity contribution in [2.24, 2.45) is 5.92 Å². The number of aromatic hydroxyl groups is 1. The average Bonchev–Trinajstić information content (AvgIpc) is 3.69. The molecule has 4 aliphatic rings. The highest BCUT2D eigenvalue weighted by Gasteiger charge is 2.64. The van der Waals surface area contributed by atoms with E-state index in [2.05, 4.69) is 9.88 Å². The number of fused-ring (bicyclic) bond motifs is 2. The van der Waals surface area contributed by atoms with Crippen LogP contribution < -0.4 is 5.56 Å². The Hall–Kier alpha value is -2.94. The van der Waals surface area contributed by atoms with Crippen LogP contribution in [0, 0.1) is 5.92 Å². The SMILES string of the molecule is O=c1[nH]c2c(cc1S(=O)(=O)c1ccccc1)C[C@]1(O)[C@@H]3Cc4ccc(O)cc4[C@]1(CCN3CC1CC1)C2. The van der Waals surface area contributed by atoms with Crippen molar-refractivity contribution in [3.05, 3.63) is 87.3 Å². The summed E-state index contributed by atoms with van der Waals surface area (Å²) < 4.78 is 26.7. The minimum atomic E-state index is -4.01. The lowest BCUT2D eigenvalue weighted by atomic mass is 9.49. The molecule has 1 saturated carbocycles. The van der Waals surface area contributed by atoms with E-state index < -0.39 is 26.4 Å². The van der Waals surface area contributed by atoms with Gasteiger partial charge in [0.05, 0.1) is 10.5 Å². The van der Waals surface area contributed by atoms with E-state index in [0.29, 0.717) is 36.4 Å². The summed E-state index contributed by atoms with van der Waals surface area (Å²) in [6.45, 7) is 1.81. The number of nitrogens with zero attached hydrogens (tertiary/aromatic N) is 1. The lowest BCUT2D eigenvalue weighted by molar-refractivity contribution is -0.152. The third kappa shape index (κ3) is 3.32. The van der Waals surface area contributed by atoms with Crippen LogP contribution in [0.25, 0.3) is 0 Å². The number of phenolic OH excluding ortho intramolecular Hbond substituents is 1. The molecule has 1 aliphatic heterocycles. The molecule has 0 unspecified atom stereocenters. The lowest BCUT2D eigenvalue weighted by Gasteiger charge is -2.63. The van der Waals surface area contributed by atoms with Gasteiger partial charge in [-0.1, -0.05) is 24.3 Å². The van der Waals surface area contributed by atoms with Gasteiger partial charge in [-0.05, 0) is 85.2 Å². The fourth-order valence-electron chi connectivity index (χ4n) is 7.29. The van der Waals surface area contributed by atoms with Crippen molar-refractivity contribution in [3.8, 4) is 5.75 Å². The Morgan fingerprint density at radius 2 is 1.81 bits per heavy atom. The number of phenols is 1. The van der Waals surface area contributed by atoms with Gasteiger partial charge in [0, 0.05) is 36.5 Å². The van der Waals surface area contributed by atoms with E-state index in [1.165, 1.54) is 31.0 Å². The predicted molar refractivity (Wildman–Crippen MR) is 138 cm³/mol. The van der Waals surface area contributed by atoms with Gasteiger partial charge < -0.3 is 15.2 Å². The zero-order chi connectivity index (χ0) is 25.6. The summed E-state index contributed by atoms with van der Waals surface area (Å²) in [4.78, 5) is 18.3. The van der Waals surface area contributed by atoms with Gasteiger partial charge in [-0.2, -0.15) is 0 Å². The molecule has 0 amide bonds. The number of sulfone groups is 1. The molecule has 0 radical (unpaired) electrons. The lowest BCUT2D eigenvalue weighted by Crippen LogP contribution is -2.74. The van der Waals surface area contributed by atoms with Crippen LogP contribution in [0.15, 0.2) is 69.2 Å². The highest BCUT2D eigenvalue weighted by atomic mass is 32.2. The van der Waals surface area contributed by atoms with Gasteiger partial charge in [0.1, 0.15) is 10.6 Å². The van der Waals surface area contributed by atoms with Crippen LogP contribution >= 0.6 is 0 Å². The molecule has 2 fully saturated rings. The molecule has 3 aliphatic carbocycles. The van der Waals surface area contributed by atoms with E-state index in [1.807, 2.05) is 6.07 Å². The van der Waals surface area contributed by atoms with Gasteiger partial charge in [-0.3, -0.25) is 9.69 Å². The Morgan fingerprint density at radius 1 is 1.03 bits per heavy atom. The molecule has 0 spiro atoms. The highest BCUT2D eigenvalue weighted by molar-refractivity contribution is 7.91. The molecule has 2 aromatic carbocycles. The van der Waals surface area contributed by atoms with E-state index in [9.17, 15) is 23.4 Å². The zero-order valence-electron chi connectivity index (χ0n) is 20.5. The van der Waals surface area contributed by atoms with Crippen molar-refractivity contribution < 1.29 is 18.6 Å². The molecule has 1 saturated heterocycles. The normalized spacial score (nSPS) is 28.7. The van der Waals surface area contributed by atoms with Gasteiger partial charge in [-0.25, -0.2) is 8.42 Å². The molecule has 3 aromatic rings. The Labute approximate surface area is 215 Å². The minimum absolute atomic E-state index is 0.0704. The number of aromatic amines is 1. The first-order chi connectivity index (χ1) is 17.7. The Bertz CT molecular complexity index is 1580. The number of likely N-dealkylation sites (tertiary alicyclic amines) is 1. The first-order valence-electron chi connectivity index (χ1n) is 13.1. The highest BCUT2D eigenvalue weighted by Crippen LogP contribution is 2.57. The molecule has 2 bridgehead atoms. The molecular weight excluding hydrogens is 488 g/mol. The van der Waals surface area contributed by atoms with E-state index in [0.717, 1.165) is 24.2 Å². The van der Waals surface area contributed by atoms with E-state index in [-0.39, 0.29) is 28.0 Å². The monoisotopic (exact) mass is 518 g/mol. The van der Waals surface area contributed by atoms with Crippen LogP contribution in [0.1, 0.15) is 41.6 Å². The molecule has 37 heavy (non-hydrogen) atoms. The van der Waals surface area contributed by atoms with Crippen LogP contribution in [0.4, 0.5) is 0 Å². The van der Waals surface area contributed by atoms with Crippen molar-refractivity contribution in [2.75, 3.05) is 13.1 Å². The standard InChI is InChI=1S/C29H30N2O5S/c32-21-9-8-19-13-26-29(34)15-20-12-25(37(35,36)22-4-2-1-3-5-22)27(33)30-24(20)16-28(29,23(19)14-21)10-11-31(26)17-18-6-7-18/h1-5,8-9,12,14,18,26,32,34H,6-7,10-11,13,15-17H2,(H,30,33)/t26-,28-,29-/m0/s1. The third-order valence-electron chi connectivity index (χ3n) is 9.32. The summed E-state index contributed by atoms with van der Waals surface area (Å²) in [6, 6.07) is 14.8. The van der Waals surface area contributed by atoms with Gasteiger partial charge >= 0.3 is 0 Å². The maximum Gasteiger partial charge on any atom is 0.267 e. The smallest absolute Gasteiger partial charge is 0.267 e. The van der Waals surface area contributed by atoms with E-state index in [1.54, 1.807) is 30.3 Å². The van der Waals surface area contributed by atoms with Crippen molar-refractivity contribution in [3.63, 3.8) is 0 Å². The molecular formula is C29H30N2O5S. The topological polar surface area (TPSA) is 111 Å². The summed E-state index contributed by atoms with van der Waals surface area (Å²) >= 11 is 0. The largest absolute Gasteiger partial charge is 0.508 e. The van der Waals surface area contributed by atoms with Gasteiger partial charge in [0.15, 0.2) is 0 Å².